The molecule has 7 nitrogen and oxygen atoms in total. The summed E-state index contributed by atoms with van der Waals surface area (Å²) in [4.78, 5) is 30.1. The van der Waals surface area contributed by atoms with Crippen molar-refractivity contribution in [1.29, 1.82) is 0 Å². The van der Waals surface area contributed by atoms with E-state index in [4.69, 9.17) is 0 Å². The van der Waals surface area contributed by atoms with Crippen molar-refractivity contribution in [3.05, 3.63) is 52.2 Å². The van der Waals surface area contributed by atoms with Gasteiger partial charge in [0.2, 0.25) is 5.91 Å². The molecule has 0 radical (unpaired) electrons. The minimum atomic E-state index is -0.158. The van der Waals surface area contributed by atoms with Crippen LogP contribution in [0.2, 0.25) is 0 Å². The molecule has 4 rings (SSSR count). The van der Waals surface area contributed by atoms with E-state index in [-0.39, 0.29) is 23.9 Å². The predicted octanol–water partition coefficient (Wildman–Crippen LogP) is 3.28. The van der Waals surface area contributed by atoms with Crippen molar-refractivity contribution >= 4 is 16.9 Å². The van der Waals surface area contributed by atoms with E-state index in [9.17, 15) is 9.59 Å². The fourth-order valence-electron chi connectivity index (χ4n) is 4.27. The summed E-state index contributed by atoms with van der Waals surface area (Å²) in [7, 11) is 0. The number of rotatable bonds is 5. The Hall–Kier alpha value is -2.96. The van der Waals surface area contributed by atoms with E-state index in [1.54, 1.807) is 22.4 Å². The van der Waals surface area contributed by atoms with E-state index in [1.165, 1.54) is 12.8 Å². The van der Waals surface area contributed by atoms with Crippen LogP contribution in [0.5, 0.6) is 0 Å². The Bertz CT molecular complexity index is 1110. The van der Waals surface area contributed by atoms with Crippen molar-refractivity contribution in [3.63, 3.8) is 0 Å². The molecular formula is C23H29N5O2. The number of hydrogen-bond donors (Lipinski definition) is 1. The summed E-state index contributed by atoms with van der Waals surface area (Å²) in [6.07, 6.45) is 6.43. The number of nitrogens with zero attached hydrogens (tertiary/aromatic N) is 4. The second kappa shape index (κ2) is 8.42. The molecule has 1 aliphatic carbocycles. The monoisotopic (exact) mass is 407 g/mol. The standard InChI is InChI=1S/C23H29N5O2/c1-15-8-10-18(11-9-15)28-22-19(14-24-28)23(30)27(17(3)25-22)13-12-21(29)26-20-7-5-4-6-16(20)2/h8-11,14,16,20H,4-7,12-13H2,1-3H3,(H,26,29). The smallest absolute Gasteiger partial charge is 0.264 e. The zero-order valence-electron chi connectivity index (χ0n) is 17.9. The van der Waals surface area contributed by atoms with E-state index < -0.39 is 0 Å². The van der Waals surface area contributed by atoms with Gasteiger partial charge in [-0.25, -0.2) is 9.67 Å². The van der Waals surface area contributed by atoms with E-state index >= 15 is 0 Å². The Morgan fingerprint density at radius 3 is 2.63 bits per heavy atom. The third-order valence-electron chi connectivity index (χ3n) is 6.18. The molecule has 2 unspecified atom stereocenters. The number of fused-ring (bicyclic) bond motifs is 1. The van der Waals surface area contributed by atoms with Crippen LogP contribution in [-0.2, 0) is 11.3 Å². The van der Waals surface area contributed by atoms with Crippen molar-refractivity contribution < 1.29 is 4.79 Å². The van der Waals surface area contributed by atoms with Crippen LogP contribution in [0.25, 0.3) is 16.7 Å². The fraction of sp³-hybridized carbons (Fsp3) is 0.478. The lowest BCUT2D eigenvalue weighted by Gasteiger charge is -2.29. The van der Waals surface area contributed by atoms with Gasteiger partial charge in [0, 0.05) is 19.0 Å². The normalized spacial score (nSPS) is 19.2. The number of aromatic nitrogens is 4. The van der Waals surface area contributed by atoms with Crippen LogP contribution < -0.4 is 10.9 Å². The third-order valence-corrected chi connectivity index (χ3v) is 6.18. The molecule has 1 aliphatic rings. The number of nitrogens with one attached hydrogen (secondary N) is 1. The molecule has 1 N–H and O–H groups in total. The molecule has 1 saturated carbocycles. The highest BCUT2D eigenvalue weighted by molar-refractivity contribution is 5.77. The zero-order valence-corrected chi connectivity index (χ0v) is 17.9. The average Bonchev–Trinajstić information content (AvgIpc) is 3.14. The maximum Gasteiger partial charge on any atom is 0.264 e. The van der Waals surface area contributed by atoms with Gasteiger partial charge in [0.25, 0.3) is 5.56 Å². The fourth-order valence-corrected chi connectivity index (χ4v) is 4.27. The number of carbonyl (C=O) groups excluding carboxylic acids is 1. The molecule has 158 valence electrons. The Morgan fingerprint density at radius 2 is 1.90 bits per heavy atom. The maximum absolute atomic E-state index is 13.0. The topological polar surface area (TPSA) is 81.8 Å². The first kappa shape index (κ1) is 20.3. The summed E-state index contributed by atoms with van der Waals surface area (Å²) in [5.41, 5.74) is 2.40. The molecule has 0 spiro atoms. The van der Waals surface area contributed by atoms with Gasteiger partial charge in [0.05, 0.1) is 11.9 Å². The quantitative estimate of drug-likeness (QED) is 0.704. The van der Waals surface area contributed by atoms with Gasteiger partial charge in [0.15, 0.2) is 5.65 Å². The predicted molar refractivity (Wildman–Crippen MR) is 117 cm³/mol. The summed E-state index contributed by atoms with van der Waals surface area (Å²) in [5.74, 6) is 1.09. The van der Waals surface area contributed by atoms with Crippen molar-refractivity contribution in [3.8, 4) is 5.69 Å². The molecule has 1 amide bonds. The van der Waals surface area contributed by atoms with Crippen LogP contribution in [0.4, 0.5) is 0 Å². The summed E-state index contributed by atoms with van der Waals surface area (Å²) in [6, 6.07) is 8.17. The van der Waals surface area contributed by atoms with Crippen molar-refractivity contribution in [1.82, 2.24) is 24.6 Å². The highest BCUT2D eigenvalue weighted by Gasteiger charge is 2.23. The van der Waals surface area contributed by atoms with Gasteiger partial charge in [-0.15, -0.1) is 0 Å². The molecule has 0 bridgehead atoms. The van der Waals surface area contributed by atoms with Gasteiger partial charge in [0.1, 0.15) is 11.2 Å². The number of carbonyl (C=O) groups is 1. The summed E-state index contributed by atoms with van der Waals surface area (Å²) in [6.45, 7) is 6.34. The lowest BCUT2D eigenvalue weighted by molar-refractivity contribution is -0.122. The molecular weight excluding hydrogens is 378 g/mol. The van der Waals surface area contributed by atoms with Crippen molar-refractivity contribution in [2.45, 2.75) is 65.5 Å². The van der Waals surface area contributed by atoms with E-state index in [2.05, 4.69) is 22.3 Å². The second-order valence-electron chi connectivity index (χ2n) is 8.43. The lowest BCUT2D eigenvalue weighted by atomic mass is 9.86. The Balaban J connectivity index is 1.53. The number of benzene rings is 1. The Kier molecular flexibility index (Phi) is 5.70. The minimum absolute atomic E-state index is 0.00417. The first-order valence-electron chi connectivity index (χ1n) is 10.8. The molecule has 0 aliphatic heterocycles. The van der Waals surface area contributed by atoms with Gasteiger partial charge in [-0.3, -0.25) is 14.2 Å². The molecule has 0 saturated heterocycles. The second-order valence-corrected chi connectivity index (χ2v) is 8.43. The van der Waals surface area contributed by atoms with E-state index in [1.807, 2.05) is 31.2 Å². The maximum atomic E-state index is 13.0. The minimum Gasteiger partial charge on any atom is -0.353 e. The highest BCUT2D eigenvalue weighted by Crippen LogP contribution is 2.23. The molecule has 30 heavy (non-hydrogen) atoms. The largest absolute Gasteiger partial charge is 0.353 e. The van der Waals surface area contributed by atoms with Crippen LogP contribution in [0.1, 0.15) is 50.4 Å². The molecule has 7 heteroatoms. The Labute approximate surface area is 176 Å². The molecule has 3 aromatic rings. The third kappa shape index (κ3) is 4.01. The van der Waals surface area contributed by atoms with Gasteiger partial charge < -0.3 is 5.32 Å². The molecule has 2 atom stereocenters. The summed E-state index contributed by atoms with van der Waals surface area (Å²) < 4.78 is 3.26. The first-order valence-corrected chi connectivity index (χ1v) is 10.8. The van der Waals surface area contributed by atoms with Gasteiger partial charge >= 0.3 is 0 Å². The van der Waals surface area contributed by atoms with Crippen molar-refractivity contribution in [2.24, 2.45) is 5.92 Å². The molecule has 1 aromatic carbocycles. The SMILES string of the molecule is Cc1ccc(-n2ncc3c(=O)n(CCC(=O)NC4CCCCC4C)c(C)nc32)cc1. The van der Waals surface area contributed by atoms with Gasteiger partial charge in [-0.2, -0.15) is 5.10 Å². The zero-order chi connectivity index (χ0) is 21.3. The van der Waals surface area contributed by atoms with Crippen LogP contribution in [-0.4, -0.2) is 31.3 Å². The first-order chi connectivity index (χ1) is 14.4. The number of aryl methyl sites for hydroxylation is 2. The van der Waals surface area contributed by atoms with Crippen LogP contribution in [0.15, 0.2) is 35.3 Å². The summed E-state index contributed by atoms with van der Waals surface area (Å²) >= 11 is 0. The molecule has 2 aromatic heterocycles. The van der Waals surface area contributed by atoms with Gasteiger partial charge in [-0.05, 0) is 44.7 Å². The van der Waals surface area contributed by atoms with E-state index in [0.29, 0.717) is 29.3 Å². The van der Waals surface area contributed by atoms with E-state index in [0.717, 1.165) is 24.1 Å². The lowest BCUT2D eigenvalue weighted by Crippen LogP contribution is -2.41. The number of amides is 1. The summed E-state index contributed by atoms with van der Waals surface area (Å²) in [5, 5.41) is 8.00. The average molecular weight is 408 g/mol. The van der Waals surface area contributed by atoms with Crippen LogP contribution in [0.3, 0.4) is 0 Å². The Morgan fingerprint density at radius 1 is 1.17 bits per heavy atom. The molecule has 2 heterocycles. The van der Waals surface area contributed by atoms with Crippen molar-refractivity contribution in [2.75, 3.05) is 0 Å². The van der Waals surface area contributed by atoms with Crippen LogP contribution in [0, 0.1) is 19.8 Å². The highest BCUT2D eigenvalue weighted by atomic mass is 16.2. The van der Waals surface area contributed by atoms with Gasteiger partial charge in [-0.1, -0.05) is 37.5 Å². The van der Waals surface area contributed by atoms with Crippen LogP contribution >= 0.6 is 0 Å². The number of hydrogen-bond acceptors (Lipinski definition) is 4. The molecule has 1 fully saturated rings.